The first-order valence-electron chi connectivity index (χ1n) is 4.34. The van der Waals surface area contributed by atoms with Gasteiger partial charge in [-0.05, 0) is 31.2 Å². The zero-order chi connectivity index (χ0) is 9.68. The molecular weight excluding hydrogens is 172 g/mol. The SMILES string of the molecule is CCN(CCF)c1ccc(F)cc1. The number of nitrogens with zero attached hydrogens (tertiary/aromatic N) is 1. The highest BCUT2D eigenvalue weighted by molar-refractivity contribution is 5.45. The summed E-state index contributed by atoms with van der Waals surface area (Å²) < 4.78 is 24.6. The molecular formula is C10H13F2N. The predicted molar refractivity (Wildman–Crippen MR) is 50.3 cm³/mol. The summed E-state index contributed by atoms with van der Waals surface area (Å²) >= 11 is 0. The fourth-order valence-electron chi connectivity index (χ4n) is 1.22. The van der Waals surface area contributed by atoms with E-state index in [9.17, 15) is 8.78 Å². The summed E-state index contributed by atoms with van der Waals surface area (Å²) in [4.78, 5) is 1.86. The van der Waals surface area contributed by atoms with Gasteiger partial charge in [-0.1, -0.05) is 0 Å². The van der Waals surface area contributed by atoms with Crippen LogP contribution in [-0.4, -0.2) is 19.8 Å². The fourth-order valence-corrected chi connectivity index (χ4v) is 1.22. The third-order valence-corrected chi connectivity index (χ3v) is 1.93. The molecule has 13 heavy (non-hydrogen) atoms. The minimum Gasteiger partial charge on any atom is -0.369 e. The van der Waals surface area contributed by atoms with E-state index >= 15 is 0 Å². The Bertz CT molecular complexity index is 246. The van der Waals surface area contributed by atoms with Gasteiger partial charge in [-0.25, -0.2) is 8.78 Å². The summed E-state index contributed by atoms with van der Waals surface area (Å²) in [6, 6.07) is 6.09. The number of halogens is 2. The molecule has 0 aromatic heterocycles. The molecule has 0 spiro atoms. The molecule has 0 fully saturated rings. The van der Waals surface area contributed by atoms with Crippen LogP contribution in [0.25, 0.3) is 0 Å². The number of benzene rings is 1. The number of hydrogen-bond acceptors (Lipinski definition) is 1. The Morgan fingerprint density at radius 3 is 2.31 bits per heavy atom. The van der Waals surface area contributed by atoms with Crippen LogP contribution in [0.3, 0.4) is 0 Å². The molecule has 0 aliphatic carbocycles. The molecule has 0 unspecified atom stereocenters. The van der Waals surface area contributed by atoms with E-state index in [1.165, 1.54) is 12.1 Å². The van der Waals surface area contributed by atoms with Crippen molar-refractivity contribution < 1.29 is 8.78 Å². The number of hydrogen-bond donors (Lipinski definition) is 0. The summed E-state index contributed by atoms with van der Waals surface area (Å²) in [7, 11) is 0. The van der Waals surface area contributed by atoms with Gasteiger partial charge in [0.25, 0.3) is 0 Å². The first-order chi connectivity index (χ1) is 6.27. The van der Waals surface area contributed by atoms with E-state index in [-0.39, 0.29) is 12.5 Å². The van der Waals surface area contributed by atoms with E-state index in [1.807, 2.05) is 11.8 Å². The Hall–Kier alpha value is -1.12. The quantitative estimate of drug-likeness (QED) is 0.697. The smallest absolute Gasteiger partial charge is 0.123 e. The van der Waals surface area contributed by atoms with Gasteiger partial charge < -0.3 is 4.90 Å². The molecule has 0 radical (unpaired) electrons. The van der Waals surface area contributed by atoms with E-state index in [0.29, 0.717) is 6.54 Å². The van der Waals surface area contributed by atoms with E-state index in [4.69, 9.17) is 0 Å². The van der Waals surface area contributed by atoms with Crippen molar-refractivity contribution in [3.8, 4) is 0 Å². The van der Waals surface area contributed by atoms with Crippen LogP contribution in [0.2, 0.25) is 0 Å². The van der Waals surface area contributed by atoms with Crippen LogP contribution in [-0.2, 0) is 0 Å². The Kier molecular flexibility index (Phi) is 3.68. The number of anilines is 1. The van der Waals surface area contributed by atoms with Crippen LogP contribution in [0.5, 0.6) is 0 Å². The second kappa shape index (κ2) is 4.80. The highest BCUT2D eigenvalue weighted by atomic mass is 19.1. The lowest BCUT2D eigenvalue weighted by molar-refractivity contribution is 0.492. The van der Waals surface area contributed by atoms with Gasteiger partial charge in [0.05, 0.1) is 0 Å². The fraction of sp³-hybridized carbons (Fsp3) is 0.400. The lowest BCUT2D eigenvalue weighted by Crippen LogP contribution is -2.24. The summed E-state index contributed by atoms with van der Waals surface area (Å²) in [6.07, 6.45) is 0. The minimum atomic E-state index is -0.384. The van der Waals surface area contributed by atoms with Gasteiger partial charge in [-0.15, -0.1) is 0 Å². The summed E-state index contributed by atoms with van der Waals surface area (Å²) in [5.41, 5.74) is 0.863. The third-order valence-electron chi connectivity index (χ3n) is 1.93. The molecule has 0 heterocycles. The second-order valence-electron chi connectivity index (χ2n) is 2.75. The van der Waals surface area contributed by atoms with Gasteiger partial charge >= 0.3 is 0 Å². The molecule has 1 aromatic carbocycles. The number of rotatable bonds is 4. The van der Waals surface area contributed by atoms with Gasteiger partial charge in [0.15, 0.2) is 0 Å². The molecule has 0 saturated carbocycles. The molecule has 72 valence electrons. The van der Waals surface area contributed by atoms with Crippen molar-refractivity contribution in [1.29, 1.82) is 0 Å². The largest absolute Gasteiger partial charge is 0.369 e. The van der Waals surface area contributed by atoms with Gasteiger partial charge in [0.2, 0.25) is 0 Å². The minimum absolute atomic E-state index is 0.264. The molecule has 1 rings (SSSR count). The zero-order valence-corrected chi connectivity index (χ0v) is 7.63. The summed E-state index contributed by atoms with van der Waals surface area (Å²) in [5.74, 6) is -0.264. The first kappa shape index (κ1) is 9.96. The van der Waals surface area contributed by atoms with Crippen molar-refractivity contribution in [2.75, 3.05) is 24.7 Å². The van der Waals surface area contributed by atoms with Crippen molar-refractivity contribution in [3.63, 3.8) is 0 Å². The molecule has 1 nitrogen and oxygen atoms in total. The number of alkyl halides is 1. The van der Waals surface area contributed by atoms with Crippen molar-refractivity contribution in [1.82, 2.24) is 0 Å². The third kappa shape index (κ3) is 2.68. The maximum Gasteiger partial charge on any atom is 0.123 e. The van der Waals surface area contributed by atoms with Gasteiger partial charge in [0, 0.05) is 18.8 Å². The molecule has 0 saturated heterocycles. The first-order valence-corrected chi connectivity index (χ1v) is 4.34. The maximum absolute atomic E-state index is 12.5. The average Bonchev–Trinajstić information content (AvgIpc) is 2.16. The molecule has 0 N–H and O–H groups in total. The van der Waals surface area contributed by atoms with E-state index in [0.717, 1.165) is 12.2 Å². The Morgan fingerprint density at radius 1 is 1.23 bits per heavy atom. The normalized spacial score (nSPS) is 10.1. The summed E-state index contributed by atoms with van der Waals surface area (Å²) in [5, 5.41) is 0. The monoisotopic (exact) mass is 185 g/mol. The van der Waals surface area contributed by atoms with Crippen LogP contribution in [0, 0.1) is 5.82 Å². The average molecular weight is 185 g/mol. The van der Waals surface area contributed by atoms with Crippen molar-refractivity contribution in [3.05, 3.63) is 30.1 Å². The molecule has 3 heteroatoms. The topological polar surface area (TPSA) is 3.24 Å². The standard InChI is InChI=1S/C10H13F2N/c1-2-13(8-7-11)10-5-3-9(12)4-6-10/h3-6H,2,7-8H2,1H3. The van der Waals surface area contributed by atoms with Crippen molar-refractivity contribution in [2.24, 2.45) is 0 Å². The molecule has 0 aliphatic heterocycles. The van der Waals surface area contributed by atoms with Crippen LogP contribution >= 0.6 is 0 Å². The predicted octanol–water partition coefficient (Wildman–Crippen LogP) is 2.62. The van der Waals surface area contributed by atoms with Gasteiger partial charge in [-0.3, -0.25) is 0 Å². The molecule has 1 aromatic rings. The van der Waals surface area contributed by atoms with Gasteiger partial charge in [-0.2, -0.15) is 0 Å². The lowest BCUT2D eigenvalue weighted by atomic mass is 10.3. The second-order valence-corrected chi connectivity index (χ2v) is 2.75. The van der Waals surface area contributed by atoms with E-state index < -0.39 is 0 Å². The molecule has 0 amide bonds. The zero-order valence-electron chi connectivity index (χ0n) is 7.63. The van der Waals surface area contributed by atoms with Crippen LogP contribution in [0.4, 0.5) is 14.5 Å². The maximum atomic E-state index is 12.5. The molecule has 0 aliphatic rings. The summed E-state index contributed by atoms with van der Waals surface area (Å²) in [6.45, 7) is 2.65. The van der Waals surface area contributed by atoms with Crippen LogP contribution < -0.4 is 4.90 Å². The van der Waals surface area contributed by atoms with E-state index in [2.05, 4.69) is 0 Å². The Balaban J connectivity index is 2.73. The van der Waals surface area contributed by atoms with E-state index in [1.54, 1.807) is 12.1 Å². The van der Waals surface area contributed by atoms with Crippen molar-refractivity contribution >= 4 is 5.69 Å². The Labute approximate surface area is 77.0 Å². The van der Waals surface area contributed by atoms with Crippen molar-refractivity contribution in [2.45, 2.75) is 6.92 Å². The van der Waals surface area contributed by atoms with Crippen LogP contribution in [0.15, 0.2) is 24.3 Å². The van der Waals surface area contributed by atoms with Crippen LogP contribution in [0.1, 0.15) is 6.92 Å². The molecule has 0 bridgehead atoms. The Morgan fingerprint density at radius 2 is 1.85 bits per heavy atom. The highest BCUT2D eigenvalue weighted by Gasteiger charge is 2.02. The lowest BCUT2D eigenvalue weighted by Gasteiger charge is -2.21. The molecule has 0 atom stereocenters. The highest BCUT2D eigenvalue weighted by Crippen LogP contribution is 2.13. The van der Waals surface area contributed by atoms with Gasteiger partial charge in [0.1, 0.15) is 12.5 Å².